The number of carboxylic acids is 1. The maximum atomic E-state index is 11.9. The molecule has 1 atom stereocenters. The van der Waals surface area contributed by atoms with E-state index in [1.165, 1.54) is 11.3 Å². The molecule has 1 aromatic rings. The third kappa shape index (κ3) is 3.75. The molecule has 1 unspecified atom stereocenters. The Kier molecular flexibility index (Phi) is 4.24. The molecule has 9 heteroatoms. The molecule has 1 aliphatic rings. The van der Waals surface area contributed by atoms with Crippen molar-refractivity contribution in [1.29, 1.82) is 0 Å². The fraction of sp³-hybridized carbons (Fsp3) is 0.600. The van der Waals surface area contributed by atoms with Crippen LogP contribution in [0.25, 0.3) is 0 Å². The molecule has 0 aromatic carbocycles. The smallest absolute Gasteiger partial charge is 0.441 e. The molecule has 1 heterocycles. The summed E-state index contributed by atoms with van der Waals surface area (Å²) >= 11 is 1.23. The van der Waals surface area contributed by atoms with Crippen LogP contribution in [0.2, 0.25) is 0 Å². The Labute approximate surface area is 115 Å². The second-order valence-corrected chi connectivity index (χ2v) is 6.22. The highest BCUT2D eigenvalue weighted by molar-refractivity contribution is 8.00. The number of aliphatic carboxylic acids is 1. The third-order valence-electron chi connectivity index (χ3n) is 2.66. The lowest BCUT2D eigenvalue weighted by molar-refractivity contribution is -0.138. The van der Waals surface area contributed by atoms with Crippen LogP contribution in [0.15, 0.2) is 0 Å². The monoisotopic (exact) mass is 312 g/mol. The summed E-state index contributed by atoms with van der Waals surface area (Å²) in [4.78, 5) is 16.0. The lowest BCUT2D eigenvalue weighted by Gasteiger charge is -2.06. The number of carboxylic acid groups (broad SMARTS) is 1. The fourth-order valence-corrected chi connectivity index (χ4v) is 3.37. The molecule has 0 bridgehead atoms. The van der Waals surface area contributed by atoms with Gasteiger partial charge in [-0.2, -0.15) is 13.2 Å². The van der Waals surface area contributed by atoms with E-state index in [4.69, 9.17) is 5.11 Å². The Balaban J connectivity index is 1.87. The number of carbonyl (C=O) groups is 1. The molecule has 0 amide bonds. The van der Waals surface area contributed by atoms with E-state index in [0.29, 0.717) is 23.7 Å². The van der Waals surface area contributed by atoms with Gasteiger partial charge in [-0.25, -0.2) is 4.98 Å². The minimum atomic E-state index is -4.22. The number of nitrogens with zero attached hydrogens (tertiary/aromatic N) is 1. The summed E-state index contributed by atoms with van der Waals surface area (Å²) in [6.07, 6.45) is 1.22. The quantitative estimate of drug-likeness (QED) is 0.819. The second-order valence-electron chi connectivity index (χ2n) is 3.98. The van der Waals surface area contributed by atoms with Gasteiger partial charge in [0.05, 0.1) is 5.69 Å². The Morgan fingerprint density at radius 3 is 2.95 bits per heavy atom. The van der Waals surface area contributed by atoms with Crippen LogP contribution in [0.4, 0.5) is 18.3 Å². The highest BCUT2D eigenvalue weighted by Gasteiger charge is 2.32. The van der Waals surface area contributed by atoms with Gasteiger partial charge in [0.15, 0.2) is 5.13 Å². The van der Waals surface area contributed by atoms with Crippen molar-refractivity contribution >= 4 is 34.2 Å². The lowest BCUT2D eigenvalue weighted by atomic mass is 10.1. The molecule has 0 fully saturated rings. The minimum absolute atomic E-state index is 0.0908. The molecule has 0 saturated heterocycles. The molecular formula is C10H11F3N2O2S2. The van der Waals surface area contributed by atoms with E-state index in [9.17, 15) is 18.0 Å². The Morgan fingerprint density at radius 1 is 1.58 bits per heavy atom. The first kappa shape index (κ1) is 14.4. The zero-order valence-corrected chi connectivity index (χ0v) is 11.3. The average molecular weight is 312 g/mol. The number of aryl methyl sites for hydroxylation is 1. The molecule has 19 heavy (non-hydrogen) atoms. The summed E-state index contributed by atoms with van der Waals surface area (Å²) in [6.45, 7) is 0.147. The Hall–Kier alpha value is -0.960. The third-order valence-corrected chi connectivity index (χ3v) is 4.48. The Morgan fingerprint density at radius 2 is 2.32 bits per heavy atom. The standard InChI is InChI=1S/C10H11F3N2O2S2/c11-10(12,13)18-4-3-14-9-15-7-5(8(16)17)1-2-6(7)19-9/h5H,1-4H2,(H,14,15)(H,16,17). The number of alkyl halides is 3. The number of halogens is 3. The first-order valence-electron chi connectivity index (χ1n) is 5.54. The van der Waals surface area contributed by atoms with Gasteiger partial charge in [-0.05, 0) is 24.6 Å². The Bertz CT molecular complexity index is 476. The van der Waals surface area contributed by atoms with Crippen molar-refractivity contribution in [2.45, 2.75) is 24.3 Å². The molecule has 0 aliphatic heterocycles. The molecule has 2 rings (SSSR count). The van der Waals surface area contributed by atoms with E-state index in [1.807, 2.05) is 0 Å². The lowest BCUT2D eigenvalue weighted by Crippen LogP contribution is -2.11. The van der Waals surface area contributed by atoms with Crippen molar-refractivity contribution < 1.29 is 23.1 Å². The number of thioether (sulfide) groups is 1. The van der Waals surface area contributed by atoms with Crippen molar-refractivity contribution in [2.75, 3.05) is 17.6 Å². The van der Waals surface area contributed by atoms with Crippen LogP contribution < -0.4 is 5.32 Å². The normalized spacial score (nSPS) is 18.4. The molecule has 0 saturated carbocycles. The summed E-state index contributed by atoms with van der Waals surface area (Å²) in [5.74, 6) is -1.58. The number of thiazole rings is 1. The van der Waals surface area contributed by atoms with Gasteiger partial charge < -0.3 is 10.4 Å². The van der Waals surface area contributed by atoms with Crippen LogP contribution in [0.1, 0.15) is 22.9 Å². The van der Waals surface area contributed by atoms with Crippen LogP contribution in [-0.2, 0) is 11.2 Å². The van der Waals surface area contributed by atoms with E-state index in [2.05, 4.69) is 10.3 Å². The molecule has 1 aromatic heterocycles. The van der Waals surface area contributed by atoms with Gasteiger partial charge in [0, 0.05) is 17.2 Å². The molecule has 0 radical (unpaired) electrons. The first-order chi connectivity index (χ1) is 8.87. The summed E-state index contributed by atoms with van der Waals surface area (Å²) in [5, 5.41) is 12.3. The second kappa shape index (κ2) is 5.58. The number of hydrogen-bond acceptors (Lipinski definition) is 5. The molecular weight excluding hydrogens is 301 g/mol. The van der Waals surface area contributed by atoms with Crippen LogP contribution in [-0.4, -0.2) is 33.9 Å². The fourth-order valence-electron chi connectivity index (χ4n) is 1.87. The van der Waals surface area contributed by atoms with E-state index in [-0.39, 0.29) is 24.1 Å². The summed E-state index contributed by atoms with van der Waals surface area (Å²) in [6, 6.07) is 0. The van der Waals surface area contributed by atoms with Gasteiger partial charge in [-0.15, -0.1) is 11.3 Å². The maximum absolute atomic E-state index is 11.9. The largest absolute Gasteiger partial charge is 0.481 e. The topological polar surface area (TPSA) is 62.2 Å². The van der Waals surface area contributed by atoms with Gasteiger partial charge in [-0.3, -0.25) is 4.79 Å². The number of aromatic nitrogens is 1. The highest BCUT2D eigenvalue weighted by Crippen LogP contribution is 2.38. The molecule has 0 spiro atoms. The van der Waals surface area contributed by atoms with Crippen LogP contribution in [0.5, 0.6) is 0 Å². The number of hydrogen-bond donors (Lipinski definition) is 2. The van der Waals surface area contributed by atoms with E-state index < -0.39 is 17.4 Å². The van der Waals surface area contributed by atoms with Gasteiger partial charge in [0.1, 0.15) is 5.92 Å². The van der Waals surface area contributed by atoms with Crippen LogP contribution in [0, 0.1) is 0 Å². The van der Waals surface area contributed by atoms with Gasteiger partial charge >= 0.3 is 11.5 Å². The van der Waals surface area contributed by atoms with Crippen molar-refractivity contribution in [3.8, 4) is 0 Å². The number of anilines is 1. The molecule has 2 N–H and O–H groups in total. The SMILES string of the molecule is O=C(O)C1CCc2sc(NCCSC(F)(F)F)nc21. The predicted octanol–water partition coefficient (Wildman–Crippen LogP) is 2.92. The van der Waals surface area contributed by atoms with Crippen molar-refractivity contribution in [1.82, 2.24) is 4.98 Å². The van der Waals surface area contributed by atoms with Gasteiger partial charge in [0.25, 0.3) is 0 Å². The number of nitrogens with one attached hydrogen (secondary N) is 1. The highest BCUT2D eigenvalue weighted by atomic mass is 32.2. The summed E-state index contributed by atoms with van der Waals surface area (Å²) < 4.78 is 35.7. The zero-order valence-electron chi connectivity index (χ0n) is 9.66. The average Bonchev–Trinajstić information content (AvgIpc) is 2.81. The van der Waals surface area contributed by atoms with Gasteiger partial charge in [0.2, 0.25) is 0 Å². The van der Waals surface area contributed by atoms with E-state index in [0.717, 1.165) is 4.88 Å². The van der Waals surface area contributed by atoms with Crippen LogP contribution >= 0.6 is 23.1 Å². The van der Waals surface area contributed by atoms with Crippen molar-refractivity contribution in [2.24, 2.45) is 0 Å². The molecule has 4 nitrogen and oxygen atoms in total. The number of rotatable bonds is 5. The van der Waals surface area contributed by atoms with Crippen molar-refractivity contribution in [3.05, 3.63) is 10.6 Å². The number of fused-ring (bicyclic) bond motifs is 1. The molecule has 1 aliphatic carbocycles. The summed E-state index contributed by atoms with van der Waals surface area (Å²) in [5.41, 5.74) is -3.66. The summed E-state index contributed by atoms with van der Waals surface area (Å²) in [7, 11) is 0. The van der Waals surface area contributed by atoms with Crippen LogP contribution in [0.3, 0.4) is 0 Å². The van der Waals surface area contributed by atoms with E-state index in [1.54, 1.807) is 0 Å². The minimum Gasteiger partial charge on any atom is -0.481 e. The predicted molar refractivity (Wildman–Crippen MR) is 67.8 cm³/mol. The van der Waals surface area contributed by atoms with Gasteiger partial charge in [-0.1, -0.05) is 0 Å². The van der Waals surface area contributed by atoms with E-state index >= 15 is 0 Å². The van der Waals surface area contributed by atoms with Crippen molar-refractivity contribution in [3.63, 3.8) is 0 Å². The first-order valence-corrected chi connectivity index (χ1v) is 7.34. The molecule has 106 valence electrons. The maximum Gasteiger partial charge on any atom is 0.441 e. The zero-order chi connectivity index (χ0) is 14.0.